The van der Waals surface area contributed by atoms with Gasteiger partial charge in [0.1, 0.15) is 0 Å². The summed E-state index contributed by atoms with van der Waals surface area (Å²) in [5.74, 6) is -0.0807. The molecule has 1 saturated heterocycles. The smallest absolute Gasteiger partial charge is 0.374 e. The summed E-state index contributed by atoms with van der Waals surface area (Å²) in [6.45, 7) is 2.47. The van der Waals surface area contributed by atoms with E-state index >= 15 is 0 Å². The van der Waals surface area contributed by atoms with Crippen molar-refractivity contribution in [1.82, 2.24) is 4.90 Å². The van der Waals surface area contributed by atoms with Gasteiger partial charge in [0, 0.05) is 54.2 Å². The van der Waals surface area contributed by atoms with Crippen LogP contribution >= 0.6 is 15.9 Å². The van der Waals surface area contributed by atoms with Gasteiger partial charge in [0.2, 0.25) is 0 Å². The zero-order valence-corrected chi connectivity index (χ0v) is 16.0. The van der Waals surface area contributed by atoms with Crippen molar-refractivity contribution in [3.05, 3.63) is 76.4 Å². The molecular weight excluding hydrogens is 421 g/mol. The summed E-state index contributed by atoms with van der Waals surface area (Å²) in [5.41, 5.74) is 0.541. The van der Waals surface area contributed by atoms with Crippen molar-refractivity contribution in [1.29, 1.82) is 0 Å². The van der Waals surface area contributed by atoms with Crippen molar-refractivity contribution in [3.63, 3.8) is 0 Å². The van der Waals surface area contributed by atoms with Crippen LogP contribution in [0.5, 0.6) is 0 Å². The van der Waals surface area contributed by atoms with E-state index in [-0.39, 0.29) is 5.78 Å². The van der Waals surface area contributed by atoms with Crippen molar-refractivity contribution in [2.24, 2.45) is 0 Å². The fraction of sp³-hybridized carbons (Fsp3) is 0.250. The standard InChI is InChI=1S/C20H18BrF3N2O/c21-17-6-4-15(5-7-17)19(27)8-9-25-10-12-26(13-11-25)18-3-1-2-16(14-18)20(22,23)24/h1-9,14H,10-13H2/b9-8+. The Morgan fingerprint density at radius 3 is 2.30 bits per heavy atom. The van der Waals surface area contributed by atoms with Gasteiger partial charge in [-0.2, -0.15) is 13.2 Å². The maximum Gasteiger partial charge on any atom is 0.416 e. The Bertz CT molecular complexity index is 826. The Morgan fingerprint density at radius 1 is 1.00 bits per heavy atom. The van der Waals surface area contributed by atoms with Gasteiger partial charge in [0.15, 0.2) is 5.78 Å². The molecule has 2 aromatic carbocycles. The fourth-order valence-corrected chi connectivity index (χ4v) is 3.16. The molecule has 0 bridgehead atoms. The highest BCUT2D eigenvalue weighted by Crippen LogP contribution is 2.31. The number of carbonyl (C=O) groups excluding carboxylic acids is 1. The van der Waals surface area contributed by atoms with Crippen LogP contribution in [0.1, 0.15) is 15.9 Å². The summed E-state index contributed by atoms with van der Waals surface area (Å²) in [6, 6.07) is 12.5. The number of nitrogens with zero attached hydrogens (tertiary/aromatic N) is 2. The third-order valence-electron chi connectivity index (χ3n) is 4.42. The minimum Gasteiger partial charge on any atom is -0.374 e. The number of allylic oxidation sites excluding steroid dienone is 1. The van der Waals surface area contributed by atoms with Crippen molar-refractivity contribution in [2.45, 2.75) is 6.18 Å². The molecule has 0 N–H and O–H groups in total. The Kier molecular flexibility index (Phi) is 5.89. The van der Waals surface area contributed by atoms with Gasteiger partial charge in [-0.1, -0.05) is 22.0 Å². The minimum atomic E-state index is -4.34. The zero-order valence-electron chi connectivity index (χ0n) is 14.4. The van der Waals surface area contributed by atoms with Crippen LogP contribution < -0.4 is 4.90 Å². The molecule has 1 heterocycles. The molecule has 2 aromatic rings. The monoisotopic (exact) mass is 438 g/mol. The number of ketones is 1. The van der Waals surface area contributed by atoms with E-state index in [2.05, 4.69) is 15.9 Å². The number of benzene rings is 2. The van der Waals surface area contributed by atoms with E-state index in [9.17, 15) is 18.0 Å². The predicted molar refractivity (Wildman–Crippen MR) is 103 cm³/mol. The normalized spacial score (nSPS) is 15.4. The van der Waals surface area contributed by atoms with Crippen LogP contribution in [-0.2, 0) is 6.18 Å². The van der Waals surface area contributed by atoms with E-state index < -0.39 is 11.7 Å². The molecule has 1 aliphatic rings. The molecule has 0 spiro atoms. The first-order valence-corrected chi connectivity index (χ1v) is 9.26. The van der Waals surface area contributed by atoms with E-state index in [1.165, 1.54) is 18.2 Å². The molecule has 142 valence electrons. The summed E-state index contributed by atoms with van der Waals surface area (Å²) in [4.78, 5) is 16.1. The number of carbonyl (C=O) groups is 1. The molecule has 0 atom stereocenters. The lowest BCUT2D eigenvalue weighted by molar-refractivity contribution is -0.137. The summed E-state index contributed by atoms with van der Waals surface area (Å²) in [5, 5.41) is 0. The second-order valence-corrected chi connectivity index (χ2v) is 7.17. The molecular formula is C20H18BrF3N2O. The van der Waals surface area contributed by atoms with Gasteiger partial charge >= 0.3 is 6.18 Å². The van der Waals surface area contributed by atoms with Gasteiger partial charge in [-0.3, -0.25) is 4.79 Å². The van der Waals surface area contributed by atoms with E-state index in [4.69, 9.17) is 0 Å². The van der Waals surface area contributed by atoms with Gasteiger partial charge in [-0.05, 0) is 42.5 Å². The van der Waals surface area contributed by atoms with E-state index in [0.717, 1.165) is 10.5 Å². The average Bonchev–Trinajstić information content (AvgIpc) is 2.66. The van der Waals surface area contributed by atoms with Crippen LogP contribution in [-0.4, -0.2) is 36.9 Å². The second-order valence-electron chi connectivity index (χ2n) is 6.26. The number of hydrogen-bond acceptors (Lipinski definition) is 3. The maximum absolute atomic E-state index is 12.9. The van der Waals surface area contributed by atoms with Crippen molar-refractivity contribution in [3.8, 4) is 0 Å². The van der Waals surface area contributed by atoms with Crippen LogP contribution in [0.4, 0.5) is 18.9 Å². The van der Waals surface area contributed by atoms with Crippen LogP contribution in [0.15, 0.2) is 65.3 Å². The third kappa shape index (κ3) is 5.13. The number of alkyl halides is 3. The van der Waals surface area contributed by atoms with Crippen LogP contribution in [0.2, 0.25) is 0 Å². The first-order valence-electron chi connectivity index (χ1n) is 8.47. The van der Waals surface area contributed by atoms with Gasteiger partial charge in [-0.25, -0.2) is 0 Å². The summed E-state index contributed by atoms with van der Waals surface area (Å²) in [7, 11) is 0. The lowest BCUT2D eigenvalue weighted by atomic mass is 10.1. The number of hydrogen-bond donors (Lipinski definition) is 0. The fourth-order valence-electron chi connectivity index (χ4n) is 2.89. The van der Waals surface area contributed by atoms with Crippen LogP contribution in [0.3, 0.4) is 0 Å². The van der Waals surface area contributed by atoms with Crippen molar-refractivity contribution in [2.75, 3.05) is 31.1 Å². The van der Waals surface area contributed by atoms with Crippen LogP contribution in [0, 0.1) is 0 Å². The largest absolute Gasteiger partial charge is 0.416 e. The third-order valence-corrected chi connectivity index (χ3v) is 4.95. The first kappa shape index (κ1) is 19.5. The van der Waals surface area contributed by atoms with E-state index in [1.807, 2.05) is 21.9 Å². The Hall–Kier alpha value is -2.28. The first-order chi connectivity index (χ1) is 12.8. The number of halogens is 4. The van der Waals surface area contributed by atoms with Crippen LogP contribution in [0.25, 0.3) is 0 Å². The molecule has 0 amide bonds. The van der Waals surface area contributed by atoms with Gasteiger partial charge in [-0.15, -0.1) is 0 Å². The number of rotatable bonds is 4. The van der Waals surface area contributed by atoms with E-state index in [1.54, 1.807) is 24.4 Å². The zero-order chi connectivity index (χ0) is 19.4. The SMILES string of the molecule is O=C(/C=C/N1CCN(c2cccc(C(F)(F)F)c2)CC1)c1ccc(Br)cc1. The topological polar surface area (TPSA) is 23.6 Å². The molecule has 3 rings (SSSR count). The average molecular weight is 439 g/mol. The Morgan fingerprint density at radius 2 is 1.67 bits per heavy atom. The molecule has 0 aromatic heterocycles. The number of anilines is 1. The summed E-state index contributed by atoms with van der Waals surface area (Å²) in [6.07, 6.45) is -1.05. The quantitative estimate of drug-likeness (QED) is 0.496. The lowest BCUT2D eigenvalue weighted by Crippen LogP contribution is -2.44. The summed E-state index contributed by atoms with van der Waals surface area (Å²) >= 11 is 3.33. The molecule has 0 radical (unpaired) electrons. The molecule has 3 nitrogen and oxygen atoms in total. The Labute approximate surface area is 164 Å². The van der Waals surface area contributed by atoms with Crippen molar-refractivity contribution < 1.29 is 18.0 Å². The highest BCUT2D eigenvalue weighted by molar-refractivity contribution is 9.10. The molecule has 0 saturated carbocycles. The predicted octanol–water partition coefficient (Wildman–Crippen LogP) is 4.99. The summed E-state index contributed by atoms with van der Waals surface area (Å²) < 4.78 is 39.5. The Balaban J connectivity index is 1.57. The molecule has 27 heavy (non-hydrogen) atoms. The van der Waals surface area contributed by atoms with Crippen molar-refractivity contribution >= 4 is 27.4 Å². The van der Waals surface area contributed by atoms with E-state index in [0.29, 0.717) is 37.4 Å². The molecule has 0 aliphatic carbocycles. The maximum atomic E-state index is 12.9. The highest BCUT2D eigenvalue weighted by atomic mass is 79.9. The molecule has 1 aliphatic heterocycles. The number of piperazine rings is 1. The highest BCUT2D eigenvalue weighted by Gasteiger charge is 2.31. The van der Waals surface area contributed by atoms with Gasteiger partial charge in [0.05, 0.1) is 5.56 Å². The minimum absolute atomic E-state index is 0.0807. The molecule has 1 fully saturated rings. The molecule has 7 heteroatoms. The van der Waals surface area contributed by atoms with Gasteiger partial charge < -0.3 is 9.80 Å². The van der Waals surface area contributed by atoms with Gasteiger partial charge in [0.25, 0.3) is 0 Å². The second kappa shape index (κ2) is 8.17. The molecule has 0 unspecified atom stereocenters. The lowest BCUT2D eigenvalue weighted by Gasteiger charge is -2.35.